The third-order valence-corrected chi connectivity index (χ3v) is 0.358. The summed E-state index contributed by atoms with van der Waals surface area (Å²) in [6, 6.07) is 0. The second-order valence-corrected chi connectivity index (χ2v) is 1.97. The van der Waals surface area contributed by atoms with Crippen LogP contribution in [-0.4, -0.2) is 39.8 Å². The zero-order chi connectivity index (χ0) is 12.1. The molecule has 7 nitrogen and oxygen atoms in total. The second kappa shape index (κ2) is 18.6. The smallest absolute Gasteiger partial charge is 0.304 e. The molecule has 15 heavy (non-hydrogen) atoms. The van der Waals surface area contributed by atoms with Gasteiger partial charge in [0.15, 0.2) is 0 Å². The molecular formula is C7H15FeNO6. The number of aliphatic carboxylic acids is 3. The van der Waals surface area contributed by atoms with E-state index in [-0.39, 0.29) is 30.0 Å². The van der Waals surface area contributed by atoms with Crippen molar-refractivity contribution >= 4 is 17.9 Å². The zero-order valence-corrected chi connectivity index (χ0v) is 9.52. The van der Waals surface area contributed by atoms with Crippen molar-refractivity contribution in [3.05, 3.63) is 0 Å². The number of carboxylic acids is 3. The largest absolute Gasteiger partial charge is 0.481 e. The average Bonchev–Trinajstić information content (AvgIpc) is 1.82. The molecule has 0 aliphatic carbocycles. The Morgan fingerprint density at radius 3 is 1.20 bits per heavy atom. The van der Waals surface area contributed by atoms with Gasteiger partial charge < -0.3 is 21.1 Å². The monoisotopic (exact) mass is 265 g/mol. The summed E-state index contributed by atoms with van der Waals surface area (Å²) in [6.07, 6.45) is 0.0694. The van der Waals surface area contributed by atoms with Crippen LogP contribution in [0.3, 0.4) is 0 Å². The Morgan fingerprint density at radius 1 is 1.00 bits per heavy atom. The number of nitrogens with two attached hydrogens (primary N) is 1. The molecule has 92 valence electrons. The van der Waals surface area contributed by atoms with Crippen LogP contribution in [0.1, 0.15) is 20.3 Å². The summed E-state index contributed by atoms with van der Waals surface area (Å²) < 4.78 is 0. The van der Waals surface area contributed by atoms with Gasteiger partial charge in [-0.2, -0.15) is 0 Å². The van der Waals surface area contributed by atoms with E-state index in [0.29, 0.717) is 0 Å². The van der Waals surface area contributed by atoms with Gasteiger partial charge in [-0.15, -0.1) is 0 Å². The molecule has 0 amide bonds. The maximum Gasteiger partial charge on any atom is 0.304 e. The van der Waals surface area contributed by atoms with E-state index < -0.39 is 17.9 Å². The van der Waals surface area contributed by atoms with Gasteiger partial charge in [0.05, 0.1) is 6.42 Å². The number of rotatable bonds is 2. The number of carbonyl (C=O) groups is 3. The summed E-state index contributed by atoms with van der Waals surface area (Å²) in [7, 11) is 0. The van der Waals surface area contributed by atoms with Crippen LogP contribution < -0.4 is 5.73 Å². The van der Waals surface area contributed by atoms with Crippen LogP contribution in [0, 0.1) is 0 Å². The van der Waals surface area contributed by atoms with Crippen LogP contribution in [0.4, 0.5) is 0 Å². The normalized spacial score (nSPS) is 6.60. The van der Waals surface area contributed by atoms with Crippen molar-refractivity contribution in [1.82, 2.24) is 0 Å². The molecule has 0 radical (unpaired) electrons. The Hall–Kier alpha value is -1.11. The van der Waals surface area contributed by atoms with E-state index in [1.54, 1.807) is 0 Å². The van der Waals surface area contributed by atoms with Crippen LogP contribution in [0.2, 0.25) is 0 Å². The minimum Gasteiger partial charge on any atom is -0.481 e. The van der Waals surface area contributed by atoms with Gasteiger partial charge in [-0.05, 0) is 0 Å². The Morgan fingerprint density at radius 2 is 1.20 bits per heavy atom. The SMILES string of the molecule is CC(=O)O.CC(=O)O.NCCC(=O)O.[Fe]. The molecule has 5 N–H and O–H groups in total. The molecule has 0 atom stereocenters. The molecule has 0 aliphatic rings. The quantitative estimate of drug-likeness (QED) is 0.498. The van der Waals surface area contributed by atoms with E-state index in [1.165, 1.54) is 0 Å². The summed E-state index contributed by atoms with van der Waals surface area (Å²) in [4.78, 5) is 27.5. The molecule has 0 rings (SSSR count). The van der Waals surface area contributed by atoms with Crippen molar-refractivity contribution < 1.29 is 46.8 Å². The van der Waals surface area contributed by atoms with Crippen molar-refractivity contribution in [1.29, 1.82) is 0 Å². The van der Waals surface area contributed by atoms with Crippen molar-refractivity contribution in [3.63, 3.8) is 0 Å². The predicted octanol–water partition coefficient (Wildman–Crippen LogP) is -0.401. The molecule has 0 aromatic heterocycles. The molecule has 0 saturated heterocycles. The number of carboxylic acid groups (broad SMARTS) is 3. The van der Waals surface area contributed by atoms with Crippen LogP contribution in [0.15, 0.2) is 0 Å². The molecule has 0 bridgehead atoms. The molecule has 8 heteroatoms. The fourth-order valence-corrected chi connectivity index (χ4v) is 0.123. The first kappa shape index (κ1) is 23.6. The molecule has 0 saturated carbocycles. The van der Waals surface area contributed by atoms with E-state index in [9.17, 15) is 4.79 Å². The fraction of sp³-hybridized carbons (Fsp3) is 0.571. The van der Waals surface area contributed by atoms with Crippen LogP contribution in [0.25, 0.3) is 0 Å². The van der Waals surface area contributed by atoms with Crippen molar-refractivity contribution in [3.8, 4) is 0 Å². The Kier molecular flexibility index (Phi) is 29.3. The van der Waals surface area contributed by atoms with Gasteiger partial charge in [0.1, 0.15) is 0 Å². The predicted molar refractivity (Wildman–Crippen MR) is 47.9 cm³/mol. The number of hydrogen-bond donors (Lipinski definition) is 4. The molecule has 0 unspecified atom stereocenters. The van der Waals surface area contributed by atoms with Gasteiger partial charge >= 0.3 is 5.97 Å². The molecule has 0 aromatic carbocycles. The van der Waals surface area contributed by atoms with Gasteiger partial charge in [-0.25, -0.2) is 0 Å². The van der Waals surface area contributed by atoms with Gasteiger partial charge in [0, 0.05) is 37.5 Å². The molecule has 0 heterocycles. The maximum absolute atomic E-state index is 9.52. The summed E-state index contributed by atoms with van der Waals surface area (Å²) >= 11 is 0. The summed E-state index contributed by atoms with van der Waals surface area (Å²) in [6.45, 7) is 2.40. The summed E-state index contributed by atoms with van der Waals surface area (Å²) in [5.41, 5.74) is 4.85. The van der Waals surface area contributed by atoms with Crippen molar-refractivity contribution in [2.75, 3.05) is 6.54 Å². The van der Waals surface area contributed by atoms with Crippen molar-refractivity contribution in [2.24, 2.45) is 5.73 Å². The Bertz CT molecular complexity index is 164. The second-order valence-electron chi connectivity index (χ2n) is 1.97. The summed E-state index contributed by atoms with van der Waals surface area (Å²) in [5, 5.41) is 22.7. The standard InChI is InChI=1S/C3H7NO2.2C2H4O2.Fe/c4-2-1-3(5)6;2*1-2(3)4;/h1-2,4H2,(H,5,6);2*1H3,(H,3,4);. The number of hydrogen-bond acceptors (Lipinski definition) is 4. The molecule has 0 aliphatic heterocycles. The fourth-order valence-electron chi connectivity index (χ4n) is 0.123. The summed E-state index contributed by atoms with van der Waals surface area (Å²) in [5.74, 6) is -2.50. The van der Waals surface area contributed by atoms with E-state index >= 15 is 0 Å². The Labute approximate surface area is 97.7 Å². The van der Waals surface area contributed by atoms with Crippen molar-refractivity contribution in [2.45, 2.75) is 20.3 Å². The van der Waals surface area contributed by atoms with E-state index in [1.807, 2.05) is 0 Å². The zero-order valence-electron chi connectivity index (χ0n) is 8.41. The third-order valence-electron chi connectivity index (χ3n) is 0.358. The van der Waals surface area contributed by atoms with E-state index in [4.69, 9.17) is 30.6 Å². The van der Waals surface area contributed by atoms with Gasteiger partial charge in [0.25, 0.3) is 11.9 Å². The van der Waals surface area contributed by atoms with E-state index in [2.05, 4.69) is 0 Å². The maximum atomic E-state index is 9.52. The van der Waals surface area contributed by atoms with Crippen LogP contribution in [-0.2, 0) is 31.5 Å². The minimum absolute atomic E-state index is 0. The first-order valence-corrected chi connectivity index (χ1v) is 3.54. The van der Waals surface area contributed by atoms with Gasteiger partial charge in [-0.3, -0.25) is 14.4 Å². The first-order valence-electron chi connectivity index (χ1n) is 3.54. The molecule has 0 spiro atoms. The minimum atomic E-state index is -0.836. The molecular weight excluding hydrogens is 250 g/mol. The Balaban J connectivity index is -0.0000000606. The van der Waals surface area contributed by atoms with Crippen LogP contribution in [0.5, 0.6) is 0 Å². The topological polar surface area (TPSA) is 138 Å². The van der Waals surface area contributed by atoms with E-state index in [0.717, 1.165) is 13.8 Å². The first-order chi connectivity index (χ1) is 6.23. The third kappa shape index (κ3) is 428. The van der Waals surface area contributed by atoms with Gasteiger partial charge in [0.2, 0.25) is 0 Å². The average molecular weight is 265 g/mol. The van der Waals surface area contributed by atoms with Crippen LogP contribution >= 0.6 is 0 Å². The molecule has 0 fully saturated rings. The van der Waals surface area contributed by atoms with Gasteiger partial charge in [-0.1, -0.05) is 0 Å². The molecule has 0 aromatic rings.